The Bertz CT molecular complexity index is 443. The third kappa shape index (κ3) is 1.26. The molecule has 3 rings (SSSR count). The van der Waals surface area contributed by atoms with Gasteiger partial charge in [-0.1, -0.05) is 33.3 Å². The van der Waals surface area contributed by atoms with Gasteiger partial charge in [-0.2, -0.15) is 0 Å². The summed E-state index contributed by atoms with van der Waals surface area (Å²) in [6, 6.07) is 0. The van der Waals surface area contributed by atoms with Gasteiger partial charge in [-0.15, -0.1) is 0 Å². The first-order valence-electron chi connectivity index (χ1n) is 7.53. The third-order valence-electron chi connectivity index (χ3n) is 6.98. The minimum Gasteiger partial charge on any atom is -0.295 e. The molecular weight excluding hydrogens is 220 g/mol. The number of rotatable bonds is 0. The minimum atomic E-state index is 0.412. The summed E-state index contributed by atoms with van der Waals surface area (Å²) in [6.07, 6.45) is 4.37. The van der Waals surface area contributed by atoms with E-state index in [4.69, 9.17) is 0 Å². The zero-order valence-electron chi connectivity index (χ0n) is 12.5. The summed E-state index contributed by atoms with van der Waals surface area (Å²) in [5, 5.41) is 0. The molecule has 0 aromatic heterocycles. The Labute approximate surface area is 111 Å². The van der Waals surface area contributed by atoms with Gasteiger partial charge in [-0.3, -0.25) is 4.79 Å². The molecule has 0 N–H and O–H groups in total. The fraction of sp³-hybridized carbons (Fsp3) is 0.824. The Morgan fingerprint density at radius 2 is 1.83 bits per heavy atom. The molecule has 2 fully saturated rings. The Morgan fingerprint density at radius 3 is 2.50 bits per heavy atom. The standard InChI is InChI=1S/C17H26O/c1-10-12-8-9-17(5)11(2)16(3,4)15(17)13(12)6-7-14(10)18/h11,13,15H,6-9H2,1-5H3/t11?,13-,15-,17-/m1/s1. The normalized spacial score (nSPS) is 46.3. The average molecular weight is 246 g/mol. The molecule has 1 heteroatoms. The van der Waals surface area contributed by atoms with E-state index in [9.17, 15) is 4.79 Å². The highest BCUT2D eigenvalue weighted by molar-refractivity contribution is 5.96. The van der Waals surface area contributed by atoms with Crippen LogP contribution in [0.25, 0.3) is 0 Å². The van der Waals surface area contributed by atoms with Crippen LogP contribution in [0.1, 0.15) is 60.3 Å². The highest BCUT2D eigenvalue weighted by Crippen LogP contribution is 2.72. The molecule has 3 aliphatic rings. The molecule has 0 aromatic rings. The molecule has 0 aliphatic heterocycles. The van der Waals surface area contributed by atoms with Crippen molar-refractivity contribution in [3.05, 3.63) is 11.1 Å². The quantitative estimate of drug-likeness (QED) is 0.620. The molecule has 0 saturated heterocycles. The van der Waals surface area contributed by atoms with E-state index in [1.54, 1.807) is 0 Å². The van der Waals surface area contributed by atoms with Gasteiger partial charge >= 0.3 is 0 Å². The molecule has 0 heterocycles. The van der Waals surface area contributed by atoms with Crippen LogP contribution >= 0.6 is 0 Å². The third-order valence-corrected chi connectivity index (χ3v) is 6.98. The van der Waals surface area contributed by atoms with Crippen molar-refractivity contribution in [1.29, 1.82) is 0 Å². The SMILES string of the molecule is CC1=C2CC[C@]3(C)C(C)C(C)(C)[C@H]3[C@@H]2CCC1=O. The van der Waals surface area contributed by atoms with Crippen LogP contribution in [-0.4, -0.2) is 5.78 Å². The van der Waals surface area contributed by atoms with Crippen molar-refractivity contribution in [2.75, 3.05) is 0 Å². The smallest absolute Gasteiger partial charge is 0.158 e. The second-order valence-electron chi connectivity index (χ2n) is 7.75. The molecule has 2 saturated carbocycles. The number of allylic oxidation sites excluding steroid dienone is 2. The van der Waals surface area contributed by atoms with Crippen LogP contribution in [0.15, 0.2) is 11.1 Å². The largest absolute Gasteiger partial charge is 0.295 e. The lowest BCUT2D eigenvalue weighted by Crippen LogP contribution is -2.64. The Hall–Kier alpha value is -0.590. The van der Waals surface area contributed by atoms with Crippen molar-refractivity contribution < 1.29 is 4.79 Å². The number of hydrogen-bond donors (Lipinski definition) is 0. The van der Waals surface area contributed by atoms with Crippen molar-refractivity contribution in [2.24, 2.45) is 28.6 Å². The summed E-state index contributed by atoms with van der Waals surface area (Å²) in [7, 11) is 0. The van der Waals surface area contributed by atoms with Crippen molar-refractivity contribution in [3.63, 3.8) is 0 Å². The van der Waals surface area contributed by atoms with Crippen molar-refractivity contribution in [1.82, 2.24) is 0 Å². The van der Waals surface area contributed by atoms with Gasteiger partial charge in [0.2, 0.25) is 0 Å². The first-order valence-corrected chi connectivity index (χ1v) is 7.53. The molecule has 1 nitrogen and oxygen atoms in total. The molecule has 0 aromatic carbocycles. The van der Waals surface area contributed by atoms with E-state index in [-0.39, 0.29) is 0 Å². The van der Waals surface area contributed by atoms with Crippen LogP contribution < -0.4 is 0 Å². The molecule has 100 valence electrons. The number of carbonyl (C=O) groups excluding carboxylic acids is 1. The van der Waals surface area contributed by atoms with Crippen molar-refractivity contribution in [3.8, 4) is 0 Å². The van der Waals surface area contributed by atoms with Crippen molar-refractivity contribution >= 4 is 5.78 Å². The predicted octanol–water partition coefficient (Wildman–Crippen LogP) is 4.37. The number of fused-ring (bicyclic) bond motifs is 3. The molecule has 18 heavy (non-hydrogen) atoms. The number of carbonyl (C=O) groups is 1. The highest BCUT2D eigenvalue weighted by Gasteiger charge is 2.65. The maximum Gasteiger partial charge on any atom is 0.158 e. The molecule has 1 unspecified atom stereocenters. The van der Waals surface area contributed by atoms with E-state index >= 15 is 0 Å². The molecule has 3 aliphatic carbocycles. The van der Waals surface area contributed by atoms with Gasteiger partial charge in [0.25, 0.3) is 0 Å². The molecule has 0 bridgehead atoms. The van der Waals surface area contributed by atoms with Gasteiger partial charge in [0.1, 0.15) is 0 Å². The fourth-order valence-electron chi connectivity index (χ4n) is 5.74. The lowest BCUT2D eigenvalue weighted by atomic mass is 9.34. The van der Waals surface area contributed by atoms with Crippen LogP contribution in [0.2, 0.25) is 0 Å². The molecule has 4 atom stereocenters. The Kier molecular flexibility index (Phi) is 2.41. The van der Waals surface area contributed by atoms with Crippen LogP contribution in [0.4, 0.5) is 0 Å². The van der Waals surface area contributed by atoms with Gasteiger partial charge in [-0.25, -0.2) is 0 Å². The van der Waals surface area contributed by atoms with E-state index in [0.717, 1.165) is 30.3 Å². The number of Topliss-reactive ketones (excluding diaryl/α,β-unsaturated/α-hetero) is 1. The first-order chi connectivity index (χ1) is 8.30. The van der Waals surface area contributed by atoms with Gasteiger partial charge in [-0.05, 0) is 60.3 Å². The maximum absolute atomic E-state index is 11.9. The number of ketones is 1. The highest BCUT2D eigenvalue weighted by atomic mass is 16.1. The van der Waals surface area contributed by atoms with Crippen LogP contribution in [0, 0.1) is 28.6 Å². The second-order valence-corrected chi connectivity index (χ2v) is 7.75. The van der Waals surface area contributed by atoms with E-state index in [2.05, 4.69) is 34.6 Å². The summed E-state index contributed by atoms with van der Waals surface area (Å²) in [5.41, 5.74) is 3.61. The van der Waals surface area contributed by atoms with E-state index in [1.165, 1.54) is 18.4 Å². The van der Waals surface area contributed by atoms with Gasteiger partial charge in [0.15, 0.2) is 5.78 Å². The van der Waals surface area contributed by atoms with Gasteiger partial charge in [0, 0.05) is 6.42 Å². The summed E-state index contributed by atoms with van der Waals surface area (Å²) in [5.74, 6) is 2.73. The Balaban J connectivity index is 2.03. The summed E-state index contributed by atoms with van der Waals surface area (Å²) < 4.78 is 0. The molecule has 0 radical (unpaired) electrons. The van der Waals surface area contributed by atoms with Gasteiger partial charge in [0.05, 0.1) is 0 Å². The summed E-state index contributed by atoms with van der Waals surface area (Å²) in [6.45, 7) is 11.9. The topological polar surface area (TPSA) is 17.1 Å². The zero-order valence-corrected chi connectivity index (χ0v) is 12.5. The van der Waals surface area contributed by atoms with Crippen LogP contribution in [0.5, 0.6) is 0 Å². The monoisotopic (exact) mass is 246 g/mol. The summed E-state index contributed by atoms with van der Waals surface area (Å²) >= 11 is 0. The lowest BCUT2D eigenvalue weighted by Gasteiger charge is -2.70. The molecule has 0 amide bonds. The van der Waals surface area contributed by atoms with Gasteiger partial charge < -0.3 is 0 Å². The number of hydrogen-bond acceptors (Lipinski definition) is 1. The van der Waals surface area contributed by atoms with E-state index in [0.29, 0.717) is 22.5 Å². The average Bonchev–Trinajstić information content (AvgIpc) is 2.32. The fourth-order valence-corrected chi connectivity index (χ4v) is 5.74. The van der Waals surface area contributed by atoms with E-state index < -0.39 is 0 Å². The second kappa shape index (κ2) is 3.49. The zero-order chi connectivity index (χ0) is 13.3. The van der Waals surface area contributed by atoms with Crippen LogP contribution in [0.3, 0.4) is 0 Å². The lowest BCUT2D eigenvalue weighted by molar-refractivity contribution is -0.201. The van der Waals surface area contributed by atoms with Crippen molar-refractivity contribution in [2.45, 2.75) is 60.3 Å². The molecule has 0 spiro atoms. The van der Waals surface area contributed by atoms with E-state index in [1.807, 2.05) is 0 Å². The molecular formula is C17H26O. The minimum absolute atomic E-state index is 0.412. The Morgan fingerprint density at radius 1 is 1.17 bits per heavy atom. The maximum atomic E-state index is 11.9. The predicted molar refractivity (Wildman–Crippen MR) is 74.2 cm³/mol. The van der Waals surface area contributed by atoms with Crippen LogP contribution in [-0.2, 0) is 4.79 Å². The summed E-state index contributed by atoms with van der Waals surface area (Å²) in [4.78, 5) is 11.9. The first kappa shape index (κ1) is 12.4.